The molecular formula is C38H29ClF2N10O6. The molecule has 288 valence electrons. The number of nitrogens with two attached hydrogens (primary N) is 1. The van der Waals surface area contributed by atoms with Gasteiger partial charge in [-0.2, -0.15) is 8.78 Å². The average Bonchev–Trinajstić information content (AvgIpc) is 3.85. The van der Waals surface area contributed by atoms with Gasteiger partial charge in [-0.3, -0.25) is 20.2 Å². The normalized spacial score (nSPS) is 10.5. The van der Waals surface area contributed by atoms with Gasteiger partial charge in [0.1, 0.15) is 11.5 Å². The van der Waals surface area contributed by atoms with Crippen LogP contribution in [-0.4, -0.2) is 54.0 Å². The SMILES string of the molecule is COc1cc(F)c([N+](=O)[O-])cc1N.COc1cc(F)c([N+](=O)[O-])cc1Nc1nccc(-c2c[nH]c3ccccc23)n1.Clc1nccc(-c2c[nH]c3ccccc23)n1. The van der Waals surface area contributed by atoms with Gasteiger partial charge in [-0.1, -0.05) is 36.4 Å². The zero-order valence-electron chi connectivity index (χ0n) is 29.7. The zero-order chi connectivity index (χ0) is 40.6. The molecule has 0 saturated heterocycles. The molecule has 8 aromatic rings. The van der Waals surface area contributed by atoms with E-state index in [1.165, 1.54) is 14.2 Å². The van der Waals surface area contributed by atoms with E-state index in [2.05, 4.69) is 46.0 Å². The first kappa shape index (κ1) is 39.0. The van der Waals surface area contributed by atoms with E-state index in [0.717, 1.165) is 62.9 Å². The predicted molar refractivity (Wildman–Crippen MR) is 211 cm³/mol. The smallest absolute Gasteiger partial charge is 0.307 e. The van der Waals surface area contributed by atoms with Gasteiger partial charge in [-0.05, 0) is 35.9 Å². The van der Waals surface area contributed by atoms with E-state index < -0.39 is 32.9 Å². The summed E-state index contributed by atoms with van der Waals surface area (Å²) in [5.74, 6) is -1.56. The number of aromatic nitrogens is 6. The van der Waals surface area contributed by atoms with E-state index in [9.17, 15) is 29.0 Å². The van der Waals surface area contributed by atoms with Gasteiger partial charge in [0.25, 0.3) is 0 Å². The van der Waals surface area contributed by atoms with Crippen LogP contribution >= 0.6 is 11.6 Å². The summed E-state index contributed by atoms with van der Waals surface area (Å²) in [6.07, 6.45) is 7.01. The molecule has 57 heavy (non-hydrogen) atoms. The van der Waals surface area contributed by atoms with Gasteiger partial charge in [0, 0.05) is 82.0 Å². The summed E-state index contributed by atoms with van der Waals surface area (Å²) in [6, 6.07) is 23.3. The number of halogens is 3. The third-order valence-electron chi connectivity index (χ3n) is 8.22. The number of benzene rings is 4. The van der Waals surface area contributed by atoms with Crippen molar-refractivity contribution < 1.29 is 28.1 Å². The number of methoxy groups -OCH3 is 2. The molecule has 8 rings (SSSR count). The largest absolute Gasteiger partial charge is 0.494 e. The quantitative estimate of drug-likeness (QED) is 0.0489. The summed E-state index contributed by atoms with van der Waals surface area (Å²) >= 11 is 5.78. The molecule has 0 aliphatic heterocycles. The third-order valence-corrected chi connectivity index (χ3v) is 8.40. The predicted octanol–water partition coefficient (Wildman–Crippen LogP) is 9.03. The van der Waals surface area contributed by atoms with Gasteiger partial charge in [0.15, 0.2) is 0 Å². The van der Waals surface area contributed by atoms with Crippen LogP contribution in [0, 0.1) is 31.9 Å². The van der Waals surface area contributed by atoms with E-state index in [-0.39, 0.29) is 34.1 Å². The molecule has 4 aromatic heterocycles. The molecule has 0 saturated carbocycles. The van der Waals surface area contributed by atoms with Gasteiger partial charge in [-0.25, -0.2) is 19.9 Å². The second-order valence-corrected chi connectivity index (χ2v) is 12.0. The lowest BCUT2D eigenvalue weighted by Crippen LogP contribution is -2.02. The van der Waals surface area contributed by atoms with E-state index >= 15 is 0 Å². The number of H-pyrrole nitrogens is 2. The Morgan fingerprint density at radius 1 is 0.719 bits per heavy atom. The fourth-order valence-electron chi connectivity index (χ4n) is 5.57. The number of hydrogen-bond donors (Lipinski definition) is 4. The Morgan fingerprint density at radius 2 is 1.23 bits per heavy atom. The van der Waals surface area contributed by atoms with Crippen LogP contribution in [0.2, 0.25) is 5.28 Å². The lowest BCUT2D eigenvalue weighted by atomic mass is 10.1. The van der Waals surface area contributed by atoms with E-state index in [4.69, 9.17) is 22.1 Å². The Kier molecular flexibility index (Phi) is 11.7. The molecule has 16 nitrogen and oxygen atoms in total. The van der Waals surface area contributed by atoms with Crippen molar-refractivity contribution >= 4 is 62.1 Å². The van der Waals surface area contributed by atoms with Crippen molar-refractivity contribution in [2.24, 2.45) is 0 Å². The first-order chi connectivity index (χ1) is 27.5. The highest BCUT2D eigenvalue weighted by atomic mass is 35.5. The molecule has 4 aromatic carbocycles. The number of para-hydroxylation sites is 2. The molecule has 0 aliphatic carbocycles. The van der Waals surface area contributed by atoms with E-state index in [0.29, 0.717) is 5.69 Å². The van der Waals surface area contributed by atoms with Crippen molar-refractivity contribution in [3.8, 4) is 34.0 Å². The summed E-state index contributed by atoms with van der Waals surface area (Å²) in [4.78, 5) is 42.7. The molecule has 0 radical (unpaired) electrons. The van der Waals surface area contributed by atoms with Crippen LogP contribution in [-0.2, 0) is 0 Å². The number of fused-ring (bicyclic) bond motifs is 2. The monoisotopic (exact) mass is 794 g/mol. The molecule has 0 atom stereocenters. The minimum atomic E-state index is -0.985. The minimum Gasteiger partial charge on any atom is -0.494 e. The molecule has 5 N–H and O–H groups in total. The van der Waals surface area contributed by atoms with Crippen molar-refractivity contribution in [1.29, 1.82) is 0 Å². The van der Waals surface area contributed by atoms with Crippen LogP contribution in [0.25, 0.3) is 44.3 Å². The van der Waals surface area contributed by atoms with Crippen molar-refractivity contribution in [1.82, 2.24) is 29.9 Å². The molecule has 4 heterocycles. The number of nitrogens with one attached hydrogen (secondary N) is 3. The van der Waals surface area contributed by atoms with Crippen molar-refractivity contribution in [3.05, 3.63) is 147 Å². The lowest BCUT2D eigenvalue weighted by Gasteiger charge is -2.11. The van der Waals surface area contributed by atoms with Crippen LogP contribution < -0.4 is 20.5 Å². The van der Waals surface area contributed by atoms with E-state index in [1.54, 1.807) is 18.5 Å². The molecule has 0 amide bonds. The molecule has 0 aliphatic rings. The maximum absolute atomic E-state index is 13.8. The summed E-state index contributed by atoms with van der Waals surface area (Å²) < 4.78 is 36.5. The molecule has 0 fully saturated rings. The number of rotatable bonds is 8. The van der Waals surface area contributed by atoms with Gasteiger partial charge < -0.3 is 30.5 Å². The molecule has 0 unspecified atom stereocenters. The molecular weight excluding hydrogens is 766 g/mol. The maximum atomic E-state index is 13.8. The van der Waals surface area contributed by atoms with Gasteiger partial charge in [-0.15, -0.1) is 0 Å². The van der Waals surface area contributed by atoms with Crippen molar-refractivity contribution in [2.45, 2.75) is 0 Å². The fraction of sp³-hybridized carbons (Fsp3) is 0.0526. The number of nitrogens with zero attached hydrogens (tertiary/aromatic N) is 6. The standard InChI is InChI=1S/C19H14FN5O3.C12H8ClN3.C7H7FN2O3/c1-28-18-8-13(20)17(25(26)27)9-16(18)24-19-21-7-6-15(23-19)12-10-22-14-5-3-2-4-11(12)14;13-12-14-6-5-11(16-12)9-7-15-10-4-2-1-3-8(9)10;1-13-7-2-4(8)6(10(11)12)3-5(7)9/h2-10,22H,1H3,(H,21,23,24);1-7,15H;2-3H,9H2,1H3. The second kappa shape index (κ2) is 17.2. The summed E-state index contributed by atoms with van der Waals surface area (Å²) in [5.41, 5.74) is 9.72. The zero-order valence-corrected chi connectivity index (χ0v) is 30.5. The van der Waals surface area contributed by atoms with Crippen LogP contribution in [0.3, 0.4) is 0 Å². The Balaban J connectivity index is 0.000000160. The molecule has 0 bridgehead atoms. The Bertz CT molecular complexity index is 2750. The number of ether oxygens (including phenoxy) is 2. The maximum Gasteiger partial charge on any atom is 0.307 e. The highest BCUT2D eigenvalue weighted by molar-refractivity contribution is 6.28. The summed E-state index contributed by atoms with van der Waals surface area (Å²) in [5, 5.41) is 26.5. The highest BCUT2D eigenvalue weighted by Gasteiger charge is 2.20. The topological polar surface area (TPSA) is 226 Å². The third kappa shape index (κ3) is 8.82. The van der Waals surface area contributed by atoms with E-state index in [1.807, 2.05) is 60.9 Å². The Hall–Kier alpha value is -7.73. The molecule has 0 spiro atoms. The summed E-state index contributed by atoms with van der Waals surface area (Å²) in [6.45, 7) is 0. The van der Waals surface area contributed by atoms with Gasteiger partial charge >= 0.3 is 11.4 Å². The number of nitrogen functional groups attached to an aromatic ring is 1. The number of nitro benzene ring substituents is 2. The van der Waals surface area contributed by atoms with Crippen LogP contribution in [0.1, 0.15) is 0 Å². The lowest BCUT2D eigenvalue weighted by molar-refractivity contribution is -0.387. The fourth-order valence-corrected chi connectivity index (χ4v) is 5.72. The number of anilines is 3. The highest BCUT2D eigenvalue weighted by Crippen LogP contribution is 2.34. The molecule has 19 heteroatoms. The number of nitro groups is 2. The minimum absolute atomic E-state index is 0.0376. The van der Waals surface area contributed by atoms with Gasteiger partial charge in [0.2, 0.25) is 22.9 Å². The summed E-state index contributed by atoms with van der Waals surface area (Å²) in [7, 11) is 2.64. The Labute approximate surface area is 325 Å². The van der Waals surface area contributed by atoms with Crippen molar-refractivity contribution in [3.63, 3.8) is 0 Å². The van der Waals surface area contributed by atoms with Gasteiger partial charge in [0.05, 0.1) is 46.8 Å². The average molecular weight is 795 g/mol. The first-order valence-electron chi connectivity index (χ1n) is 16.5. The first-order valence-corrected chi connectivity index (χ1v) is 16.9. The second-order valence-electron chi connectivity index (χ2n) is 11.7. The number of hydrogen-bond acceptors (Lipinski definition) is 12. The van der Waals surface area contributed by atoms with Crippen LogP contribution in [0.4, 0.5) is 37.5 Å². The van der Waals surface area contributed by atoms with Crippen LogP contribution in [0.5, 0.6) is 11.5 Å². The van der Waals surface area contributed by atoms with Crippen LogP contribution in [0.15, 0.2) is 110 Å². The van der Waals surface area contributed by atoms with Crippen molar-refractivity contribution in [2.75, 3.05) is 25.3 Å². The Morgan fingerprint density at radius 3 is 1.77 bits per heavy atom. The number of aromatic amines is 2.